The topological polar surface area (TPSA) is 49.9 Å². The molecule has 0 atom stereocenters. The number of fused-ring (bicyclic) bond motifs is 1. The number of aromatic nitrogens is 1. The van der Waals surface area contributed by atoms with Crippen molar-refractivity contribution < 1.29 is 0 Å². The highest BCUT2D eigenvalue weighted by Crippen LogP contribution is 2.00. The lowest BCUT2D eigenvalue weighted by molar-refractivity contribution is 1.40. The molecule has 1 N–H and O–H groups in total. The molecular formula is C10H7NO2. The molecule has 1 aromatic carbocycles. The highest BCUT2D eigenvalue weighted by Gasteiger charge is 1.93. The summed E-state index contributed by atoms with van der Waals surface area (Å²) in [6, 6.07) is 7.40. The van der Waals surface area contributed by atoms with E-state index in [1.54, 1.807) is 12.3 Å². The molecule has 0 spiro atoms. The van der Waals surface area contributed by atoms with Gasteiger partial charge in [0, 0.05) is 23.2 Å². The third-order valence-electron chi connectivity index (χ3n) is 1.86. The molecule has 0 fully saturated rings. The van der Waals surface area contributed by atoms with E-state index in [1.807, 2.05) is 0 Å². The van der Waals surface area contributed by atoms with Crippen LogP contribution in [0.4, 0.5) is 0 Å². The first-order valence-electron chi connectivity index (χ1n) is 3.89. The SMILES string of the molecule is O=c1ccc2[nH]ccc(=O)c2cc1. The van der Waals surface area contributed by atoms with Crippen molar-refractivity contribution in [2.75, 3.05) is 0 Å². The fourth-order valence-corrected chi connectivity index (χ4v) is 1.20. The molecule has 1 aromatic heterocycles. The van der Waals surface area contributed by atoms with Gasteiger partial charge in [0.2, 0.25) is 0 Å². The summed E-state index contributed by atoms with van der Waals surface area (Å²) in [6.07, 6.45) is 1.56. The summed E-state index contributed by atoms with van der Waals surface area (Å²) in [5, 5.41) is 0.532. The number of hydrogen-bond donors (Lipinski definition) is 1. The molecule has 0 saturated heterocycles. The maximum atomic E-state index is 11.3. The predicted octanol–water partition coefficient (Wildman–Crippen LogP) is 0.888. The number of H-pyrrole nitrogens is 1. The molecule has 0 aliphatic carbocycles. The predicted molar refractivity (Wildman–Crippen MR) is 50.8 cm³/mol. The number of pyridine rings is 1. The van der Waals surface area contributed by atoms with Gasteiger partial charge in [-0.1, -0.05) is 0 Å². The molecule has 0 bridgehead atoms. The van der Waals surface area contributed by atoms with Gasteiger partial charge in [-0.25, -0.2) is 0 Å². The second-order valence-corrected chi connectivity index (χ2v) is 2.74. The number of aromatic amines is 1. The number of nitrogens with one attached hydrogen (secondary N) is 1. The zero-order chi connectivity index (χ0) is 9.26. The largest absolute Gasteiger partial charge is 0.361 e. The fraction of sp³-hybridized carbons (Fsp3) is 0. The molecule has 0 radical (unpaired) electrons. The van der Waals surface area contributed by atoms with Crippen molar-refractivity contribution in [1.82, 2.24) is 4.98 Å². The van der Waals surface area contributed by atoms with E-state index in [0.717, 1.165) is 0 Å². The van der Waals surface area contributed by atoms with E-state index in [9.17, 15) is 9.59 Å². The van der Waals surface area contributed by atoms with Crippen molar-refractivity contribution in [3.63, 3.8) is 0 Å². The van der Waals surface area contributed by atoms with Gasteiger partial charge >= 0.3 is 0 Å². The molecule has 2 rings (SSSR count). The Kier molecular flexibility index (Phi) is 1.70. The molecule has 0 saturated carbocycles. The van der Waals surface area contributed by atoms with Crippen LogP contribution in [0.3, 0.4) is 0 Å². The van der Waals surface area contributed by atoms with Crippen molar-refractivity contribution in [1.29, 1.82) is 0 Å². The van der Waals surface area contributed by atoms with Crippen LogP contribution in [-0.4, -0.2) is 4.98 Å². The zero-order valence-electron chi connectivity index (χ0n) is 6.78. The summed E-state index contributed by atoms with van der Waals surface area (Å²) in [7, 11) is 0. The average molecular weight is 173 g/mol. The maximum absolute atomic E-state index is 11.3. The third kappa shape index (κ3) is 1.36. The van der Waals surface area contributed by atoms with Gasteiger partial charge in [0.05, 0.1) is 0 Å². The molecule has 0 amide bonds. The lowest BCUT2D eigenvalue weighted by Gasteiger charge is -1.88. The lowest BCUT2D eigenvalue weighted by Crippen LogP contribution is -1.97. The van der Waals surface area contributed by atoms with Crippen LogP contribution in [0, 0.1) is 0 Å². The van der Waals surface area contributed by atoms with E-state index < -0.39 is 0 Å². The Morgan fingerprint density at radius 3 is 2.54 bits per heavy atom. The normalized spacial score (nSPS) is 10.2. The summed E-state index contributed by atoms with van der Waals surface area (Å²) >= 11 is 0. The van der Waals surface area contributed by atoms with Crippen molar-refractivity contribution in [3.05, 3.63) is 57.0 Å². The Labute approximate surface area is 73.7 Å². The van der Waals surface area contributed by atoms with Crippen molar-refractivity contribution in [3.8, 4) is 0 Å². The molecule has 3 heteroatoms. The summed E-state index contributed by atoms with van der Waals surface area (Å²) in [5.74, 6) is 0. The van der Waals surface area contributed by atoms with Gasteiger partial charge in [-0.2, -0.15) is 0 Å². The van der Waals surface area contributed by atoms with Crippen LogP contribution in [0.15, 0.2) is 46.1 Å². The lowest BCUT2D eigenvalue weighted by atomic mass is 10.3. The molecule has 3 nitrogen and oxygen atoms in total. The quantitative estimate of drug-likeness (QED) is 0.643. The summed E-state index contributed by atoms with van der Waals surface area (Å²) in [4.78, 5) is 25.2. The maximum Gasteiger partial charge on any atom is 0.189 e. The van der Waals surface area contributed by atoms with Crippen LogP contribution >= 0.6 is 0 Å². The second-order valence-electron chi connectivity index (χ2n) is 2.74. The monoisotopic (exact) mass is 173 g/mol. The minimum atomic E-state index is -0.107. The second kappa shape index (κ2) is 2.86. The van der Waals surface area contributed by atoms with Gasteiger partial charge in [-0.15, -0.1) is 0 Å². The summed E-state index contributed by atoms with van der Waals surface area (Å²) < 4.78 is 0. The van der Waals surface area contributed by atoms with Gasteiger partial charge < -0.3 is 4.98 Å². The Balaban J connectivity index is 3.07. The van der Waals surface area contributed by atoms with E-state index in [2.05, 4.69) is 4.98 Å². The Bertz CT molecular complexity index is 557. The number of rotatable bonds is 0. The molecule has 64 valence electrons. The molecule has 13 heavy (non-hydrogen) atoms. The van der Waals surface area contributed by atoms with Crippen LogP contribution in [0.1, 0.15) is 0 Å². The number of hydrogen-bond acceptors (Lipinski definition) is 2. The summed E-state index contributed by atoms with van der Waals surface area (Å²) in [6.45, 7) is 0. The van der Waals surface area contributed by atoms with E-state index in [-0.39, 0.29) is 10.9 Å². The van der Waals surface area contributed by atoms with Gasteiger partial charge in [-0.05, 0) is 24.3 Å². The highest BCUT2D eigenvalue weighted by molar-refractivity contribution is 5.76. The molecule has 1 heterocycles. The van der Waals surface area contributed by atoms with Gasteiger partial charge in [0.15, 0.2) is 10.9 Å². The zero-order valence-corrected chi connectivity index (χ0v) is 6.78. The fourth-order valence-electron chi connectivity index (χ4n) is 1.20. The molecule has 0 aliphatic heterocycles. The minimum absolute atomic E-state index is 0.0793. The van der Waals surface area contributed by atoms with Crippen molar-refractivity contribution >= 4 is 10.9 Å². The van der Waals surface area contributed by atoms with Gasteiger partial charge in [-0.3, -0.25) is 9.59 Å². The van der Waals surface area contributed by atoms with Crippen molar-refractivity contribution in [2.45, 2.75) is 0 Å². The van der Waals surface area contributed by atoms with E-state index in [1.165, 1.54) is 24.3 Å². The Morgan fingerprint density at radius 2 is 1.69 bits per heavy atom. The van der Waals surface area contributed by atoms with Gasteiger partial charge in [0.25, 0.3) is 0 Å². The smallest absolute Gasteiger partial charge is 0.189 e. The van der Waals surface area contributed by atoms with Crippen LogP contribution < -0.4 is 10.9 Å². The highest BCUT2D eigenvalue weighted by atomic mass is 16.1. The first kappa shape index (κ1) is 7.73. The molecule has 2 aromatic rings. The van der Waals surface area contributed by atoms with Crippen LogP contribution in [-0.2, 0) is 0 Å². The van der Waals surface area contributed by atoms with E-state index in [0.29, 0.717) is 10.9 Å². The minimum Gasteiger partial charge on any atom is -0.361 e. The van der Waals surface area contributed by atoms with Crippen molar-refractivity contribution in [2.24, 2.45) is 0 Å². The van der Waals surface area contributed by atoms with Crippen LogP contribution in [0.5, 0.6) is 0 Å². The molecule has 0 aliphatic rings. The molecular weight excluding hydrogens is 166 g/mol. The molecule has 0 unspecified atom stereocenters. The average Bonchev–Trinajstić information content (AvgIpc) is 2.30. The van der Waals surface area contributed by atoms with Gasteiger partial charge in [0.1, 0.15) is 0 Å². The standard InChI is InChI=1S/C10H7NO2/c12-7-1-3-8-9(4-2-7)11-6-5-10(8)13/h1-6H,(H,11,13). The van der Waals surface area contributed by atoms with Crippen LogP contribution in [0.25, 0.3) is 10.9 Å². The first-order valence-corrected chi connectivity index (χ1v) is 3.89. The Hall–Kier alpha value is -1.90. The van der Waals surface area contributed by atoms with E-state index >= 15 is 0 Å². The third-order valence-corrected chi connectivity index (χ3v) is 1.86. The Morgan fingerprint density at radius 1 is 0.923 bits per heavy atom. The van der Waals surface area contributed by atoms with E-state index in [4.69, 9.17) is 0 Å². The van der Waals surface area contributed by atoms with Crippen LogP contribution in [0.2, 0.25) is 0 Å². The summed E-state index contributed by atoms with van der Waals surface area (Å²) in [5.41, 5.74) is 0.489. The first-order chi connectivity index (χ1) is 6.27.